The van der Waals surface area contributed by atoms with Crippen molar-refractivity contribution in [2.75, 3.05) is 18.1 Å². The summed E-state index contributed by atoms with van der Waals surface area (Å²) in [5.74, 6) is -1.83. The van der Waals surface area contributed by atoms with Gasteiger partial charge >= 0.3 is 12.1 Å². The molecular weight excluding hydrogens is 797 g/mol. The Hall–Kier alpha value is -4.95. The minimum absolute atomic E-state index is 0.0412. The molecule has 6 aromatic rings. The summed E-state index contributed by atoms with van der Waals surface area (Å²) in [6, 6.07) is 35.4. The van der Waals surface area contributed by atoms with Gasteiger partial charge in [-0.2, -0.15) is 13.2 Å². The zero-order valence-corrected chi connectivity index (χ0v) is 33.0. The van der Waals surface area contributed by atoms with Gasteiger partial charge in [0.1, 0.15) is 0 Å². The predicted molar refractivity (Wildman–Crippen MR) is 216 cm³/mol. The molecule has 0 atom stereocenters. The number of hydrogen-bond donors (Lipinski definition) is 2. The molecule has 5 aromatic carbocycles. The lowest BCUT2D eigenvalue weighted by atomic mass is 9.97. The Balaban J connectivity index is 1.38. The summed E-state index contributed by atoms with van der Waals surface area (Å²) in [6.45, 7) is -0.124. The van der Waals surface area contributed by atoms with Crippen LogP contribution in [0.2, 0.25) is 5.02 Å². The second-order valence-electron chi connectivity index (χ2n) is 13.7. The number of carbonyl (C=O) groups is 1. The molecule has 0 spiro atoms. The van der Waals surface area contributed by atoms with Gasteiger partial charge in [0.2, 0.25) is 10.0 Å². The van der Waals surface area contributed by atoms with Crippen LogP contribution < -0.4 is 4.72 Å². The van der Waals surface area contributed by atoms with E-state index in [0.29, 0.717) is 27.2 Å². The van der Waals surface area contributed by atoms with Crippen molar-refractivity contribution in [2.45, 2.75) is 49.2 Å². The van der Waals surface area contributed by atoms with Gasteiger partial charge in [-0.1, -0.05) is 103 Å². The van der Waals surface area contributed by atoms with E-state index in [-0.39, 0.29) is 54.9 Å². The SMILES string of the molecule is O=C(O)CCc1ccc(S(=O)(=O)CCc2c(CCNS(=O)(=O)CCc3ccccc3C(F)(F)F)n(C(c3ccccc3)c3ccccc3)c3ccc(Cl)cc23)cc1. The average molecular weight is 837 g/mol. The van der Waals surface area contributed by atoms with Gasteiger partial charge < -0.3 is 9.67 Å². The van der Waals surface area contributed by atoms with Gasteiger partial charge in [-0.25, -0.2) is 21.6 Å². The van der Waals surface area contributed by atoms with Gasteiger partial charge in [-0.15, -0.1) is 0 Å². The first kappa shape index (κ1) is 41.7. The van der Waals surface area contributed by atoms with Crippen molar-refractivity contribution in [3.05, 3.63) is 171 Å². The lowest BCUT2D eigenvalue weighted by Gasteiger charge is -2.25. The highest BCUT2D eigenvalue weighted by Gasteiger charge is 2.33. The van der Waals surface area contributed by atoms with Crippen LogP contribution in [0.3, 0.4) is 0 Å². The molecule has 298 valence electrons. The molecule has 0 fully saturated rings. The number of halogens is 4. The molecule has 0 radical (unpaired) electrons. The Morgan fingerprint density at radius 2 is 1.35 bits per heavy atom. The quantitative estimate of drug-likeness (QED) is 0.0949. The van der Waals surface area contributed by atoms with Crippen molar-refractivity contribution < 1.29 is 39.9 Å². The number of rotatable bonds is 17. The van der Waals surface area contributed by atoms with Gasteiger partial charge in [-0.05, 0) is 83.5 Å². The number of benzene rings is 5. The summed E-state index contributed by atoms with van der Waals surface area (Å²) in [7, 11) is -7.92. The second kappa shape index (κ2) is 17.7. The molecule has 0 saturated carbocycles. The van der Waals surface area contributed by atoms with Crippen molar-refractivity contribution >= 4 is 48.3 Å². The highest BCUT2D eigenvalue weighted by Crippen LogP contribution is 2.38. The van der Waals surface area contributed by atoms with Gasteiger partial charge in [0.25, 0.3) is 0 Å². The Morgan fingerprint density at radius 1 is 0.737 bits per heavy atom. The molecule has 0 aliphatic heterocycles. The number of fused-ring (bicyclic) bond motifs is 1. The summed E-state index contributed by atoms with van der Waals surface area (Å²) in [4.78, 5) is 11.1. The number of alkyl halides is 3. The van der Waals surface area contributed by atoms with Crippen LogP contribution in [0.4, 0.5) is 13.2 Å². The third-order valence-corrected chi connectivity index (χ3v) is 13.2. The van der Waals surface area contributed by atoms with Crippen LogP contribution in [0.5, 0.6) is 0 Å². The van der Waals surface area contributed by atoms with E-state index in [4.69, 9.17) is 16.7 Å². The molecule has 0 amide bonds. The number of aromatic nitrogens is 1. The highest BCUT2D eigenvalue weighted by atomic mass is 35.5. The van der Waals surface area contributed by atoms with E-state index in [1.165, 1.54) is 30.3 Å². The van der Waals surface area contributed by atoms with Crippen LogP contribution in [0.15, 0.2) is 132 Å². The second-order valence-corrected chi connectivity index (χ2v) is 18.1. The summed E-state index contributed by atoms with van der Waals surface area (Å²) >= 11 is 6.57. The molecule has 8 nitrogen and oxygen atoms in total. The number of nitrogens with zero attached hydrogens (tertiary/aromatic N) is 1. The van der Waals surface area contributed by atoms with Crippen LogP contribution >= 0.6 is 11.6 Å². The zero-order valence-electron chi connectivity index (χ0n) is 30.6. The maximum Gasteiger partial charge on any atom is 0.416 e. The highest BCUT2D eigenvalue weighted by molar-refractivity contribution is 7.91. The van der Waals surface area contributed by atoms with Crippen LogP contribution in [0.1, 0.15) is 51.5 Å². The standard InChI is InChI=1S/C43H40ClF3N2O6S2/c44-34-18-21-39-37(29-34)36(25-27-56(52,53)35-19-15-30(16-20-35)17-22-41(50)51)40(49(39)42(32-10-3-1-4-11-32)33-12-5-2-6-13-33)23-26-48-57(54,55)28-24-31-9-7-8-14-38(31)43(45,46)47/h1-16,18-21,29,42,48H,17,22-28H2,(H,50,51). The molecular formula is C43H40ClF3N2O6S2. The zero-order chi connectivity index (χ0) is 40.8. The van der Waals surface area contributed by atoms with Crippen molar-refractivity contribution in [1.29, 1.82) is 0 Å². The first-order valence-corrected chi connectivity index (χ1v) is 21.9. The molecule has 1 heterocycles. The molecule has 2 N–H and O–H groups in total. The van der Waals surface area contributed by atoms with Crippen molar-refractivity contribution in [3.63, 3.8) is 0 Å². The fraction of sp³-hybridized carbons (Fsp3) is 0.233. The summed E-state index contributed by atoms with van der Waals surface area (Å²) in [5.41, 5.74) is 3.58. The molecule has 0 unspecified atom stereocenters. The van der Waals surface area contributed by atoms with E-state index in [2.05, 4.69) is 9.29 Å². The lowest BCUT2D eigenvalue weighted by molar-refractivity contribution is -0.138. The number of aryl methyl sites for hydroxylation is 3. The van der Waals surface area contributed by atoms with Crippen LogP contribution in [-0.4, -0.2) is 50.5 Å². The molecule has 0 aliphatic rings. The first-order chi connectivity index (χ1) is 27.1. The number of sulfone groups is 1. The number of aliphatic carboxylic acids is 1. The molecule has 0 aliphatic carbocycles. The molecule has 57 heavy (non-hydrogen) atoms. The largest absolute Gasteiger partial charge is 0.481 e. The summed E-state index contributed by atoms with van der Waals surface area (Å²) in [6.07, 6.45) is -4.66. The van der Waals surface area contributed by atoms with E-state index in [1.54, 1.807) is 24.3 Å². The van der Waals surface area contributed by atoms with Crippen LogP contribution in [0, 0.1) is 0 Å². The summed E-state index contributed by atoms with van der Waals surface area (Å²) < 4.78 is 99.8. The van der Waals surface area contributed by atoms with E-state index in [1.807, 2.05) is 66.7 Å². The van der Waals surface area contributed by atoms with E-state index in [0.717, 1.165) is 22.7 Å². The van der Waals surface area contributed by atoms with E-state index in [9.17, 15) is 34.8 Å². The minimum Gasteiger partial charge on any atom is -0.481 e. The molecule has 0 saturated heterocycles. The molecule has 1 aromatic heterocycles. The number of nitrogens with one attached hydrogen (secondary N) is 1. The monoisotopic (exact) mass is 836 g/mol. The third-order valence-electron chi connectivity index (χ3n) is 9.85. The maximum atomic E-state index is 13.8. The molecule has 0 bridgehead atoms. The average Bonchev–Trinajstić information content (AvgIpc) is 3.47. The Morgan fingerprint density at radius 3 is 1.96 bits per heavy atom. The fourth-order valence-electron chi connectivity index (χ4n) is 7.14. The Kier molecular flexibility index (Phi) is 12.9. The van der Waals surface area contributed by atoms with Crippen LogP contribution in [-0.2, 0) is 56.5 Å². The van der Waals surface area contributed by atoms with Crippen LogP contribution in [0.25, 0.3) is 10.9 Å². The van der Waals surface area contributed by atoms with Gasteiger partial charge in [0.05, 0.1) is 28.0 Å². The van der Waals surface area contributed by atoms with Gasteiger partial charge in [0.15, 0.2) is 9.84 Å². The topological polar surface area (TPSA) is 123 Å². The fourth-order valence-corrected chi connectivity index (χ4v) is 9.62. The maximum absolute atomic E-state index is 13.8. The van der Waals surface area contributed by atoms with Crippen molar-refractivity contribution in [1.82, 2.24) is 9.29 Å². The number of sulfonamides is 1. The van der Waals surface area contributed by atoms with Crippen molar-refractivity contribution in [3.8, 4) is 0 Å². The number of hydrogen-bond acceptors (Lipinski definition) is 5. The van der Waals surface area contributed by atoms with Gasteiger partial charge in [0, 0.05) is 41.0 Å². The molecule has 14 heteroatoms. The Labute approximate surface area is 334 Å². The predicted octanol–water partition coefficient (Wildman–Crippen LogP) is 8.69. The number of carboxylic acid groups (broad SMARTS) is 1. The van der Waals surface area contributed by atoms with Crippen molar-refractivity contribution in [2.24, 2.45) is 0 Å². The smallest absolute Gasteiger partial charge is 0.416 e. The van der Waals surface area contributed by atoms with E-state index < -0.39 is 49.4 Å². The first-order valence-electron chi connectivity index (χ1n) is 18.2. The lowest BCUT2D eigenvalue weighted by Crippen LogP contribution is -2.30. The molecule has 6 rings (SSSR count). The minimum atomic E-state index is -4.63. The number of carboxylic acids is 1. The van der Waals surface area contributed by atoms with E-state index >= 15 is 0 Å². The normalized spacial score (nSPS) is 12.4. The Bertz CT molecular complexity index is 2520. The third kappa shape index (κ3) is 10.3. The summed E-state index contributed by atoms with van der Waals surface area (Å²) in [5, 5.41) is 10.2. The van der Waals surface area contributed by atoms with Gasteiger partial charge in [-0.3, -0.25) is 4.79 Å².